The molecule has 0 aliphatic rings. The van der Waals surface area contributed by atoms with Crippen LogP contribution in [0, 0.1) is 0 Å². The first-order chi connectivity index (χ1) is 12.1. The molecule has 0 aliphatic carbocycles. The van der Waals surface area contributed by atoms with E-state index in [2.05, 4.69) is 43.1 Å². The molecule has 3 rings (SSSR count). The van der Waals surface area contributed by atoms with Gasteiger partial charge in [-0.05, 0) is 0 Å². The van der Waals surface area contributed by atoms with Crippen LogP contribution in [0.25, 0.3) is 0 Å². The second kappa shape index (κ2) is 6.82. The zero-order valence-electron chi connectivity index (χ0n) is 14.6. The first kappa shape index (κ1) is 17.4. The summed E-state index contributed by atoms with van der Waals surface area (Å²) in [5.41, 5.74) is 0. The van der Waals surface area contributed by atoms with Gasteiger partial charge in [0.15, 0.2) is 0 Å². The van der Waals surface area contributed by atoms with E-state index in [0.717, 1.165) is 15.9 Å². The van der Waals surface area contributed by atoms with Crippen molar-refractivity contribution in [3.63, 3.8) is 0 Å². The summed E-state index contributed by atoms with van der Waals surface area (Å²) >= 11 is 0. The molecule has 0 saturated carbocycles. The van der Waals surface area contributed by atoms with Gasteiger partial charge < -0.3 is 0 Å². The summed E-state index contributed by atoms with van der Waals surface area (Å²) in [5.74, 6) is -0.184. The van der Waals surface area contributed by atoms with Crippen molar-refractivity contribution in [2.45, 2.75) is 13.3 Å². The van der Waals surface area contributed by atoms with Crippen LogP contribution in [0.4, 0.5) is 0 Å². The Bertz CT molecular complexity index is 746. The van der Waals surface area contributed by atoms with Gasteiger partial charge in [0.05, 0.1) is 0 Å². The molecule has 0 amide bonds. The summed E-state index contributed by atoms with van der Waals surface area (Å²) in [5, 5.41) is 3.15. The van der Waals surface area contributed by atoms with E-state index >= 15 is 0 Å². The van der Waals surface area contributed by atoms with Crippen LogP contribution in [0.2, 0.25) is 0 Å². The van der Waals surface area contributed by atoms with Crippen LogP contribution in [0.3, 0.4) is 0 Å². The summed E-state index contributed by atoms with van der Waals surface area (Å²) in [6.07, 6.45) is 0.345. The zero-order valence-corrected chi connectivity index (χ0v) is 15.5. The quantitative estimate of drug-likeness (QED) is 0.650. The van der Waals surface area contributed by atoms with Gasteiger partial charge in [0.2, 0.25) is 0 Å². The van der Waals surface area contributed by atoms with Crippen molar-refractivity contribution < 1.29 is 9.32 Å². The number of carbonyl (C=O) groups is 1. The van der Waals surface area contributed by atoms with E-state index in [4.69, 9.17) is 4.52 Å². The number of carbonyl (C=O) groups excluding carboxylic acids is 1. The molecule has 0 radical (unpaired) electrons. The summed E-state index contributed by atoms with van der Waals surface area (Å²) in [4.78, 5) is 12.6. The predicted molar refractivity (Wildman–Crippen MR) is 107 cm³/mol. The van der Waals surface area contributed by atoms with E-state index in [-0.39, 0.29) is 5.97 Å². The Morgan fingerprint density at radius 1 is 0.720 bits per heavy atom. The van der Waals surface area contributed by atoms with Gasteiger partial charge in [-0.3, -0.25) is 0 Å². The molecule has 3 aromatic rings. The first-order valence-corrected chi connectivity index (χ1v) is 11.1. The van der Waals surface area contributed by atoms with Gasteiger partial charge in [-0.15, -0.1) is 0 Å². The van der Waals surface area contributed by atoms with Crippen LogP contribution in [0.1, 0.15) is 13.3 Å². The van der Waals surface area contributed by atoms with Gasteiger partial charge in [-0.2, -0.15) is 0 Å². The topological polar surface area (TPSA) is 26.3 Å². The van der Waals surface area contributed by atoms with E-state index in [1.807, 2.05) is 61.5 Å². The molecule has 0 bridgehead atoms. The molecule has 0 saturated heterocycles. The monoisotopic (exact) mass is 350 g/mol. The van der Waals surface area contributed by atoms with Gasteiger partial charge in [0.1, 0.15) is 0 Å². The summed E-state index contributed by atoms with van der Waals surface area (Å²) in [7, 11) is 0. The fourth-order valence-corrected chi connectivity index (χ4v) is 7.80. The molecule has 0 atom stereocenters. The average molecular weight is 350 g/mol. The summed E-state index contributed by atoms with van der Waals surface area (Å²) in [6, 6.07) is 30.4. The maximum absolute atomic E-state index is 12.6. The zero-order chi connectivity index (χ0) is 17.8. The van der Waals surface area contributed by atoms with Gasteiger partial charge >= 0.3 is 149 Å². The maximum atomic E-state index is 12.6. The molecule has 0 fully saturated rings. The fourth-order valence-electron chi connectivity index (χ4n) is 3.29. The second-order valence-electron chi connectivity index (χ2n) is 6.29. The third-order valence-corrected chi connectivity index (χ3v) is 10.0. The van der Waals surface area contributed by atoms with Crippen molar-refractivity contribution in [2.75, 3.05) is 6.66 Å². The van der Waals surface area contributed by atoms with Gasteiger partial charge in [-0.25, -0.2) is 0 Å². The minimum atomic E-state index is -3.37. The molecule has 0 unspecified atom stereocenters. The number of rotatable bonds is 5. The molecule has 0 aromatic heterocycles. The van der Waals surface area contributed by atoms with Crippen LogP contribution in [-0.2, 0) is 9.32 Å². The number of hydrogen-bond acceptors (Lipinski definition) is 2. The van der Waals surface area contributed by atoms with Crippen LogP contribution < -0.4 is 15.9 Å². The van der Waals surface area contributed by atoms with Crippen molar-refractivity contribution in [2.24, 2.45) is 0 Å². The standard InChI is InChI=1S/C22H23O2P/c1-3-22(23)24-25(2,19-13-7-4-8-14-19,20-15-9-5-10-16-20)21-17-11-6-12-18-21/h4-18H,3H2,1-2H3. The summed E-state index contributed by atoms with van der Waals surface area (Å²) < 4.78 is 6.42. The second-order valence-corrected chi connectivity index (χ2v) is 10.9. The Balaban J connectivity index is 2.42. The van der Waals surface area contributed by atoms with Gasteiger partial charge in [0.25, 0.3) is 0 Å². The van der Waals surface area contributed by atoms with E-state index in [9.17, 15) is 4.79 Å². The van der Waals surface area contributed by atoms with Crippen LogP contribution >= 0.6 is 6.83 Å². The third kappa shape index (κ3) is 2.88. The number of hydrogen-bond donors (Lipinski definition) is 0. The van der Waals surface area contributed by atoms with Crippen LogP contribution in [-0.4, -0.2) is 12.6 Å². The SMILES string of the molecule is CCC(=O)OP(C)(c1ccccc1)(c1ccccc1)c1ccccc1. The van der Waals surface area contributed by atoms with E-state index in [0.29, 0.717) is 6.42 Å². The molecule has 25 heavy (non-hydrogen) atoms. The van der Waals surface area contributed by atoms with Crippen molar-refractivity contribution in [1.29, 1.82) is 0 Å². The van der Waals surface area contributed by atoms with Crippen molar-refractivity contribution in [1.82, 2.24) is 0 Å². The predicted octanol–water partition coefficient (Wildman–Crippen LogP) is 4.01. The first-order valence-electron chi connectivity index (χ1n) is 8.50. The van der Waals surface area contributed by atoms with Crippen molar-refractivity contribution in [3.8, 4) is 0 Å². The minimum absolute atomic E-state index is 0.184. The van der Waals surface area contributed by atoms with E-state index in [1.165, 1.54) is 0 Å². The Kier molecular flexibility index (Phi) is 4.74. The molecule has 3 aromatic carbocycles. The third-order valence-electron chi connectivity index (χ3n) is 4.75. The molecule has 3 heteroatoms. The van der Waals surface area contributed by atoms with E-state index < -0.39 is 6.83 Å². The van der Waals surface area contributed by atoms with Crippen molar-refractivity contribution in [3.05, 3.63) is 91.0 Å². The molecule has 0 spiro atoms. The molecular weight excluding hydrogens is 327 g/mol. The van der Waals surface area contributed by atoms with E-state index in [1.54, 1.807) is 0 Å². The fraction of sp³-hybridized carbons (Fsp3) is 0.136. The molecule has 0 N–H and O–H groups in total. The molecular formula is C22H23O2P. The van der Waals surface area contributed by atoms with Gasteiger partial charge in [0, 0.05) is 0 Å². The Morgan fingerprint density at radius 2 is 1.04 bits per heavy atom. The van der Waals surface area contributed by atoms with Crippen molar-refractivity contribution >= 4 is 28.7 Å². The van der Waals surface area contributed by atoms with Crippen LogP contribution in [0.5, 0.6) is 0 Å². The molecule has 2 nitrogen and oxygen atoms in total. The molecule has 0 aliphatic heterocycles. The Labute approximate surface area is 149 Å². The van der Waals surface area contributed by atoms with Gasteiger partial charge in [-0.1, -0.05) is 0 Å². The van der Waals surface area contributed by atoms with Crippen LogP contribution in [0.15, 0.2) is 91.0 Å². The summed E-state index contributed by atoms with van der Waals surface area (Å²) in [6.45, 7) is 0.594. The molecule has 128 valence electrons. The molecule has 0 heterocycles. The average Bonchev–Trinajstić information content (AvgIpc) is 2.70. The Hall–Kier alpha value is -2.44. The Morgan fingerprint density at radius 3 is 1.32 bits per heavy atom. The number of benzene rings is 3. The normalized spacial score (nSPS) is 12.8.